The van der Waals surface area contributed by atoms with Crippen molar-refractivity contribution in [3.63, 3.8) is 0 Å². The summed E-state index contributed by atoms with van der Waals surface area (Å²) < 4.78 is 16.1. The van der Waals surface area contributed by atoms with Crippen molar-refractivity contribution in [2.24, 2.45) is 0 Å². The Balaban J connectivity index is 1.98. The van der Waals surface area contributed by atoms with Gasteiger partial charge in [-0.1, -0.05) is 12.1 Å². The Hall–Kier alpha value is -1.82. The minimum absolute atomic E-state index is 0.111. The molecule has 1 atom stereocenters. The molecule has 1 heterocycles. The first kappa shape index (κ1) is 18.5. The molecule has 0 saturated heterocycles. The Morgan fingerprint density at radius 1 is 1.12 bits per heavy atom. The number of furan rings is 1. The fourth-order valence-corrected chi connectivity index (χ4v) is 2.45. The van der Waals surface area contributed by atoms with Crippen molar-refractivity contribution < 1.29 is 19.0 Å². The molecule has 0 unspecified atom stereocenters. The van der Waals surface area contributed by atoms with Gasteiger partial charge >= 0.3 is 0 Å². The van der Waals surface area contributed by atoms with E-state index < -0.39 is 6.10 Å². The molecule has 0 aliphatic carbocycles. The minimum atomic E-state index is -0.541. The Morgan fingerprint density at radius 3 is 2.46 bits per heavy atom. The van der Waals surface area contributed by atoms with Crippen LogP contribution in [-0.4, -0.2) is 42.5 Å². The van der Waals surface area contributed by atoms with Crippen LogP contribution < -0.4 is 4.74 Å². The van der Waals surface area contributed by atoms with E-state index >= 15 is 0 Å². The Kier molecular flexibility index (Phi) is 7.31. The summed E-state index contributed by atoms with van der Waals surface area (Å²) >= 11 is 0. The highest BCUT2D eigenvalue weighted by Crippen LogP contribution is 2.15. The number of hydrogen-bond acceptors (Lipinski definition) is 5. The van der Waals surface area contributed by atoms with Crippen LogP contribution in [0.3, 0.4) is 0 Å². The summed E-state index contributed by atoms with van der Waals surface area (Å²) in [4.78, 5) is 2.15. The van der Waals surface area contributed by atoms with Crippen molar-refractivity contribution in [1.29, 1.82) is 0 Å². The van der Waals surface area contributed by atoms with Crippen molar-refractivity contribution in [2.45, 2.75) is 39.1 Å². The van der Waals surface area contributed by atoms with Crippen LogP contribution in [0.1, 0.15) is 25.2 Å². The highest BCUT2D eigenvalue weighted by atomic mass is 16.5. The third kappa shape index (κ3) is 6.35. The number of aliphatic hydroxyl groups is 1. The Bertz CT molecular complexity index is 566. The summed E-state index contributed by atoms with van der Waals surface area (Å²) in [6.07, 6.45) is 1.24. The number of nitrogens with zero attached hydrogens (tertiary/aromatic N) is 1. The second-order valence-electron chi connectivity index (χ2n) is 6.13. The van der Waals surface area contributed by atoms with Crippen LogP contribution in [0.5, 0.6) is 5.75 Å². The molecule has 24 heavy (non-hydrogen) atoms. The zero-order valence-electron chi connectivity index (χ0n) is 14.6. The summed E-state index contributed by atoms with van der Waals surface area (Å²) in [5.74, 6) is 1.71. The highest BCUT2D eigenvalue weighted by molar-refractivity contribution is 5.27. The van der Waals surface area contributed by atoms with E-state index in [1.165, 1.54) is 0 Å². The van der Waals surface area contributed by atoms with Gasteiger partial charge in [-0.05, 0) is 43.7 Å². The van der Waals surface area contributed by atoms with E-state index in [9.17, 15) is 5.11 Å². The summed E-state index contributed by atoms with van der Waals surface area (Å²) in [6, 6.07) is 11.8. The van der Waals surface area contributed by atoms with E-state index in [4.69, 9.17) is 13.9 Å². The molecule has 0 saturated carbocycles. The van der Waals surface area contributed by atoms with Gasteiger partial charge in [0, 0.05) is 13.1 Å². The Labute approximate surface area is 143 Å². The molecule has 2 rings (SSSR count). The normalized spacial score (nSPS) is 12.8. The van der Waals surface area contributed by atoms with Crippen molar-refractivity contribution in [3.05, 3.63) is 54.0 Å². The fraction of sp³-hybridized carbons (Fsp3) is 0.474. The van der Waals surface area contributed by atoms with Gasteiger partial charge < -0.3 is 19.0 Å². The highest BCUT2D eigenvalue weighted by Gasteiger charge is 2.15. The molecule has 0 aliphatic rings. The molecule has 132 valence electrons. The molecular weight excluding hydrogens is 306 g/mol. The fourth-order valence-electron chi connectivity index (χ4n) is 2.45. The average molecular weight is 333 g/mol. The zero-order valence-corrected chi connectivity index (χ0v) is 14.6. The first-order valence-electron chi connectivity index (χ1n) is 8.24. The van der Waals surface area contributed by atoms with Gasteiger partial charge in [-0.2, -0.15) is 0 Å². The molecule has 2 aromatic rings. The first-order chi connectivity index (χ1) is 11.6. The van der Waals surface area contributed by atoms with Crippen molar-refractivity contribution in [3.8, 4) is 5.75 Å². The molecule has 0 amide bonds. The molecule has 0 spiro atoms. The number of methoxy groups -OCH3 is 1. The van der Waals surface area contributed by atoms with Crippen LogP contribution in [0.15, 0.2) is 47.1 Å². The predicted octanol–water partition coefficient (Wildman–Crippen LogP) is 3.08. The molecular formula is C19H27NO4. The van der Waals surface area contributed by atoms with Crippen LogP contribution >= 0.6 is 0 Å². The quantitative estimate of drug-likeness (QED) is 0.724. The van der Waals surface area contributed by atoms with E-state index in [2.05, 4.69) is 4.90 Å². The molecule has 5 heteroatoms. The van der Waals surface area contributed by atoms with Crippen molar-refractivity contribution in [1.82, 2.24) is 4.90 Å². The lowest BCUT2D eigenvalue weighted by Crippen LogP contribution is -2.34. The van der Waals surface area contributed by atoms with Gasteiger partial charge in [0.1, 0.15) is 11.5 Å². The zero-order chi connectivity index (χ0) is 17.4. The second kappa shape index (κ2) is 9.47. The van der Waals surface area contributed by atoms with Crippen LogP contribution in [-0.2, 0) is 17.8 Å². The summed E-state index contributed by atoms with van der Waals surface area (Å²) in [5, 5.41) is 10.2. The maximum absolute atomic E-state index is 10.2. The van der Waals surface area contributed by atoms with Gasteiger partial charge in [-0.15, -0.1) is 0 Å². The van der Waals surface area contributed by atoms with E-state index in [1.807, 2.05) is 50.2 Å². The summed E-state index contributed by atoms with van der Waals surface area (Å²) in [6.45, 7) is 6.12. The van der Waals surface area contributed by atoms with Crippen LogP contribution in [0.25, 0.3) is 0 Å². The third-order valence-corrected chi connectivity index (χ3v) is 3.62. The maximum atomic E-state index is 10.2. The molecule has 1 N–H and O–H groups in total. The lowest BCUT2D eigenvalue weighted by atomic mass is 10.2. The molecule has 0 aliphatic heterocycles. The largest absolute Gasteiger partial charge is 0.497 e. The number of ether oxygens (including phenoxy) is 2. The lowest BCUT2D eigenvalue weighted by molar-refractivity contribution is -0.0114. The molecule has 0 fully saturated rings. The van der Waals surface area contributed by atoms with E-state index in [0.29, 0.717) is 26.2 Å². The van der Waals surface area contributed by atoms with Crippen molar-refractivity contribution in [2.75, 3.05) is 20.3 Å². The average Bonchev–Trinajstić information content (AvgIpc) is 3.06. The van der Waals surface area contributed by atoms with E-state index in [1.54, 1.807) is 13.4 Å². The van der Waals surface area contributed by atoms with Gasteiger partial charge in [-0.3, -0.25) is 4.90 Å². The minimum Gasteiger partial charge on any atom is -0.497 e. The maximum Gasteiger partial charge on any atom is 0.118 e. The molecule has 1 aromatic heterocycles. The molecule has 0 radical (unpaired) electrons. The van der Waals surface area contributed by atoms with E-state index in [-0.39, 0.29) is 6.10 Å². The smallest absolute Gasteiger partial charge is 0.118 e. The van der Waals surface area contributed by atoms with Gasteiger partial charge in [-0.25, -0.2) is 0 Å². The topological polar surface area (TPSA) is 55.1 Å². The van der Waals surface area contributed by atoms with Crippen LogP contribution in [0, 0.1) is 0 Å². The SMILES string of the molecule is COc1ccc(CN(Cc2ccco2)C[C@@H](O)COC(C)C)cc1. The monoisotopic (exact) mass is 333 g/mol. The van der Waals surface area contributed by atoms with Crippen LogP contribution in [0.4, 0.5) is 0 Å². The third-order valence-electron chi connectivity index (χ3n) is 3.62. The van der Waals surface area contributed by atoms with Gasteiger partial charge in [0.25, 0.3) is 0 Å². The van der Waals surface area contributed by atoms with Gasteiger partial charge in [0.15, 0.2) is 0 Å². The summed E-state index contributed by atoms with van der Waals surface area (Å²) in [5.41, 5.74) is 1.15. The van der Waals surface area contributed by atoms with Crippen molar-refractivity contribution >= 4 is 0 Å². The molecule has 5 nitrogen and oxygen atoms in total. The van der Waals surface area contributed by atoms with Crippen LogP contribution in [0.2, 0.25) is 0 Å². The van der Waals surface area contributed by atoms with Gasteiger partial charge in [0.2, 0.25) is 0 Å². The molecule has 0 bridgehead atoms. The standard InChI is InChI=1S/C19H27NO4/c1-15(2)24-14-17(21)12-20(13-19-5-4-10-23-19)11-16-6-8-18(22-3)9-7-16/h4-10,15,17,21H,11-14H2,1-3H3/t17-/m1/s1. The number of hydrogen-bond donors (Lipinski definition) is 1. The Morgan fingerprint density at radius 2 is 1.88 bits per heavy atom. The predicted molar refractivity (Wildman–Crippen MR) is 92.9 cm³/mol. The van der Waals surface area contributed by atoms with Gasteiger partial charge in [0.05, 0.1) is 38.7 Å². The lowest BCUT2D eigenvalue weighted by Gasteiger charge is -2.25. The number of rotatable bonds is 10. The summed E-state index contributed by atoms with van der Waals surface area (Å²) in [7, 11) is 1.66. The first-order valence-corrected chi connectivity index (χ1v) is 8.24. The number of aliphatic hydroxyl groups excluding tert-OH is 1. The number of benzene rings is 1. The molecule has 1 aromatic carbocycles. The second-order valence-corrected chi connectivity index (χ2v) is 6.13. The van der Waals surface area contributed by atoms with E-state index in [0.717, 1.165) is 17.1 Å².